The van der Waals surface area contributed by atoms with Crippen LogP contribution in [0.4, 0.5) is 0 Å². The second-order valence-corrected chi connectivity index (χ2v) is 7.63. The zero-order valence-corrected chi connectivity index (χ0v) is 17.6. The van der Waals surface area contributed by atoms with E-state index in [0.717, 1.165) is 43.6 Å². The Bertz CT molecular complexity index is 445. The lowest BCUT2D eigenvalue weighted by Gasteiger charge is -2.33. The summed E-state index contributed by atoms with van der Waals surface area (Å²) in [6.07, 6.45) is 17.7. The van der Waals surface area contributed by atoms with E-state index in [-0.39, 0.29) is 5.91 Å². The quantitative estimate of drug-likeness (QED) is 0.252. The summed E-state index contributed by atoms with van der Waals surface area (Å²) in [5, 5.41) is 2.95. The number of aliphatic imine (C=N–C) groups is 1. The molecule has 1 N–H and O–H groups in total. The highest BCUT2D eigenvalue weighted by atomic mass is 16.1. The van der Waals surface area contributed by atoms with Gasteiger partial charge in [0.1, 0.15) is 13.1 Å². The van der Waals surface area contributed by atoms with Gasteiger partial charge in [-0.25, -0.2) is 4.99 Å². The van der Waals surface area contributed by atoms with Crippen LogP contribution < -0.4 is 5.32 Å². The van der Waals surface area contributed by atoms with Crippen molar-refractivity contribution in [1.82, 2.24) is 5.32 Å². The molecule has 0 saturated carbocycles. The van der Waals surface area contributed by atoms with Gasteiger partial charge in [0.25, 0.3) is 0 Å². The fourth-order valence-electron chi connectivity index (χ4n) is 3.92. The van der Waals surface area contributed by atoms with Gasteiger partial charge in [0, 0.05) is 13.3 Å². The lowest BCUT2D eigenvalue weighted by atomic mass is 10.1. The molecule has 4 nitrogen and oxygen atoms in total. The fraction of sp³-hybridized carbons (Fsp3) is 0.818. The molecule has 0 radical (unpaired) electrons. The third kappa shape index (κ3) is 8.98. The Morgan fingerprint density at radius 3 is 2.38 bits per heavy atom. The van der Waals surface area contributed by atoms with E-state index in [4.69, 9.17) is 4.99 Å². The van der Waals surface area contributed by atoms with Gasteiger partial charge in [-0.15, -0.1) is 0 Å². The number of carbonyl (C=O) groups is 1. The Morgan fingerprint density at radius 1 is 1.12 bits per heavy atom. The normalized spacial score (nSPS) is 19.9. The molecule has 0 aromatic heterocycles. The lowest BCUT2D eigenvalue weighted by molar-refractivity contribution is -0.833. The maximum Gasteiger partial charge on any atom is 0.217 e. The molecule has 0 spiro atoms. The largest absolute Gasteiger partial charge is 0.351 e. The minimum Gasteiger partial charge on any atom is -0.351 e. The van der Waals surface area contributed by atoms with Gasteiger partial charge in [0.05, 0.1) is 19.6 Å². The van der Waals surface area contributed by atoms with Crippen LogP contribution in [0.5, 0.6) is 0 Å². The number of quaternary nitrogens is 1. The molecule has 0 fully saturated rings. The molecule has 150 valence electrons. The third-order valence-corrected chi connectivity index (χ3v) is 5.65. The number of nitrogens with one attached hydrogen (secondary N) is 1. The summed E-state index contributed by atoms with van der Waals surface area (Å²) in [5.41, 5.74) is 0. The van der Waals surface area contributed by atoms with Gasteiger partial charge in [0.15, 0.2) is 5.84 Å². The summed E-state index contributed by atoms with van der Waals surface area (Å²) in [4.78, 5) is 15.9. The second kappa shape index (κ2) is 14.0. The molecule has 1 amide bonds. The number of likely N-dealkylation sites (N-methyl/N-ethyl adjacent to an activating group) is 1. The minimum absolute atomic E-state index is 0.0683. The second-order valence-electron chi connectivity index (χ2n) is 7.63. The van der Waals surface area contributed by atoms with Gasteiger partial charge < -0.3 is 5.32 Å². The number of amidine groups is 1. The standard InChI is InChI=1S/C22H41N3O/c1-4-6-7-8-9-10-11-12-13-14-15-16-22-24-18-20-25(22,5-2)19-17-23-21(3)26/h4,6H,5,7-20H2,1-3H3/p+1/b6-4+. The summed E-state index contributed by atoms with van der Waals surface area (Å²) in [6, 6.07) is 0. The van der Waals surface area contributed by atoms with Gasteiger partial charge in [-0.1, -0.05) is 50.7 Å². The van der Waals surface area contributed by atoms with Crippen molar-refractivity contribution in [1.29, 1.82) is 0 Å². The number of hydrogen-bond donors (Lipinski definition) is 1. The zero-order valence-electron chi connectivity index (χ0n) is 17.6. The lowest BCUT2D eigenvalue weighted by Crippen LogP contribution is -2.54. The van der Waals surface area contributed by atoms with Crippen LogP contribution in [-0.2, 0) is 4.79 Å². The van der Waals surface area contributed by atoms with E-state index in [1.807, 2.05) is 0 Å². The van der Waals surface area contributed by atoms with Gasteiger partial charge in [-0.05, 0) is 33.1 Å². The summed E-state index contributed by atoms with van der Waals surface area (Å²) < 4.78 is 0.993. The average molecular weight is 365 g/mol. The number of unbranched alkanes of at least 4 members (excludes halogenated alkanes) is 8. The van der Waals surface area contributed by atoms with Crippen LogP contribution in [0.2, 0.25) is 0 Å². The molecule has 0 aliphatic carbocycles. The van der Waals surface area contributed by atoms with Gasteiger partial charge in [0.2, 0.25) is 5.91 Å². The highest BCUT2D eigenvalue weighted by molar-refractivity contribution is 5.77. The minimum atomic E-state index is 0.0683. The number of nitrogens with zero attached hydrogens (tertiary/aromatic N) is 2. The molecule has 1 unspecified atom stereocenters. The first-order valence-electron chi connectivity index (χ1n) is 10.9. The Hall–Kier alpha value is -1.16. The van der Waals surface area contributed by atoms with E-state index < -0.39 is 0 Å². The molecular weight excluding hydrogens is 322 g/mol. The SMILES string of the molecule is C/C=C/CCCCCCCCCCC1=NCC[N+]1(CC)CCNC(C)=O. The summed E-state index contributed by atoms with van der Waals surface area (Å²) in [5.74, 6) is 1.44. The molecule has 0 aromatic carbocycles. The monoisotopic (exact) mass is 364 g/mol. The summed E-state index contributed by atoms with van der Waals surface area (Å²) >= 11 is 0. The van der Waals surface area contributed by atoms with Gasteiger partial charge in [-0.2, -0.15) is 0 Å². The Labute approximate surface area is 161 Å². The van der Waals surface area contributed by atoms with Crippen molar-refractivity contribution in [3.8, 4) is 0 Å². The molecule has 1 heterocycles. The van der Waals surface area contributed by atoms with E-state index in [2.05, 4.69) is 31.3 Å². The molecule has 0 saturated heterocycles. The number of rotatable bonds is 15. The molecule has 4 heteroatoms. The van der Waals surface area contributed by atoms with E-state index in [1.165, 1.54) is 63.6 Å². The van der Waals surface area contributed by atoms with Crippen LogP contribution in [0.3, 0.4) is 0 Å². The molecule has 1 aliphatic rings. The summed E-state index contributed by atoms with van der Waals surface area (Å²) in [7, 11) is 0. The van der Waals surface area contributed by atoms with Gasteiger partial charge >= 0.3 is 0 Å². The van der Waals surface area contributed by atoms with E-state index >= 15 is 0 Å². The number of carbonyl (C=O) groups excluding carboxylic acids is 1. The number of allylic oxidation sites excluding steroid dienone is 2. The predicted octanol–water partition coefficient (Wildman–Crippen LogP) is 4.85. The van der Waals surface area contributed by atoms with Crippen molar-refractivity contribution >= 4 is 11.7 Å². The van der Waals surface area contributed by atoms with Crippen LogP contribution in [0.1, 0.15) is 85.0 Å². The maximum absolute atomic E-state index is 11.1. The predicted molar refractivity (Wildman–Crippen MR) is 113 cm³/mol. The van der Waals surface area contributed by atoms with Crippen molar-refractivity contribution in [2.24, 2.45) is 4.99 Å². The van der Waals surface area contributed by atoms with Crippen molar-refractivity contribution in [3.63, 3.8) is 0 Å². The third-order valence-electron chi connectivity index (χ3n) is 5.65. The first kappa shape index (κ1) is 22.9. The van der Waals surface area contributed by atoms with E-state index in [0.29, 0.717) is 0 Å². The van der Waals surface area contributed by atoms with Crippen LogP contribution in [0.25, 0.3) is 0 Å². The topological polar surface area (TPSA) is 41.5 Å². The molecular formula is C22H42N3O+. The summed E-state index contributed by atoms with van der Waals surface area (Å²) in [6.45, 7) is 10.9. The van der Waals surface area contributed by atoms with Crippen LogP contribution in [0.15, 0.2) is 17.1 Å². The molecule has 1 rings (SSSR count). The first-order valence-corrected chi connectivity index (χ1v) is 10.9. The van der Waals surface area contributed by atoms with Crippen LogP contribution in [-0.4, -0.2) is 48.9 Å². The highest BCUT2D eigenvalue weighted by Crippen LogP contribution is 2.20. The average Bonchev–Trinajstić information content (AvgIpc) is 3.02. The van der Waals surface area contributed by atoms with Crippen molar-refractivity contribution in [2.45, 2.75) is 85.0 Å². The van der Waals surface area contributed by atoms with E-state index in [1.54, 1.807) is 6.92 Å². The molecule has 0 bridgehead atoms. The fourth-order valence-corrected chi connectivity index (χ4v) is 3.92. The van der Waals surface area contributed by atoms with Crippen LogP contribution in [0, 0.1) is 0 Å². The molecule has 0 aromatic rings. The Kier molecular flexibility index (Phi) is 12.3. The number of amides is 1. The van der Waals surface area contributed by atoms with Crippen molar-refractivity contribution in [2.75, 3.05) is 32.7 Å². The molecule has 1 aliphatic heterocycles. The molecule has 26 heavy (non-hydrogen) atoms. The van der Waals surface area contributed by atoms with Crippen molar-refractivity contribution in [3.05, 3.63) is 12.2 Å². The van der Waals surface area contributed by atoms with E-state index in [9.17, 15) is 4.79 Å². The maximum atomic E-state index is 11.1. The zero-order chi connectivity index (χ0) is 19.1. The first-order chi connectivity index (χ1) is 12.6. The van der Waals surface area contributed by atoms with Crippen LogP contribution >= 0.6 is 0 Å². The van der Waals surface area contributed by atoms with Crippen molar-refractivity contribution < 1.29 is 9.28 Å². The highest BCUT2D eigenvalue weighted by Gasteiger charge is 2.35. The Balaban J connectivity index is 2.12. The number of hydrogen-bond acceptors (Lipinski definition) is 2. The molecule has 1 atom stereocenters. The van der Waals surface area contributed by atoms with Gasteiger partial charge in [-0.3, -0.25) is 9.28 Å². The smallest absolute Gasteiger partial charge is 0.217 e. The Morgan fingerprint density at radius 2 is 1.77 bits per heavy atom.